The van der Waals surface area contributed by atoms with Gasteiger partial charge in [-0.25, -0.2) is 9.50 Å². The van der Waals surface area contributed by atoms with E-state index < -0.39 is 0 Å². The largest absolute Gasteiger partial charge is 0.493 e. The van der Waals surface area contributed by atoms with Crippen LogP contribution in [-0.4, -0.2) is 40.2 Å². The highest BCUT2D eigenvalue weighted by molar-refractivity contribution is 5.94. The van der Waals surface area contributed by atoms with Crippen LogP contribution < -0.4 is 15.4 Å². The van der Waals surface area contributed by atoms with Gasteiger partial charge in [0.1, 0.15) is 5.75 Å². The summed E-state index contributed by atoms with van der Waals surface area (Å²) in [6.07, 6.45) is 4.63. The minimum absolute atomic E-state index is 0.0470. The Kier molecular flexibility index (Phi) is 4.44. The topological polar surface area (TPSA) is 80.5 Å². The van der Waals surface area contributed by atoms with Gasteiger partial charge in [-0.3, -0.25) is 4.79 Å². The van der Waals surface area contributed by atoms with Gasteiger partial charge in [-0.2, -0.15) is 5.10 Å². The number of nitrogens with one attached hydrogen (secondary N) is 2. The molecule has 2 N–H and O–H groups in total. The van der Waals surface area contributed by atoms with Crippen LogP contribution in [0.3, 0.4) is 0 Å². The average molecular weight is 377 g/mol. The summed E-state index contributed by atoms with van der Waals surface area (Å²) in [5, 5.41) is 11.1. The summed E-state index contributed by atoms with van der Waals surface area (Å²) in [5.41, 5.74) is 2.39. The fourth-order valence-corrected chi connectivity index (χ4v) is 4.02. The molecule has 2 aliphatic rings. The molecular formula is C21H23N5O2. The van der Waals surface area contributed by atoms with Crippen LogP contribution in [0.4, 0.5) is 0 Å². The maximum absolute atomic E-state index is 12.9. The van der Waals surface area contributed by atoms with E-state index in [4.69, 9.17) is 4.74 Å². The number of piperidine rings is 1. The van der Waals surface area contributed by atoms with Crippen LogP contribution in [0.1, 0.15) is 53.0 Å². The Balaban J connectivity index is 1.36. The fraction of sp³-hybridized carbons (Fsp3) is 0.381. The maximum atomic E-state index is 12.9. The third-order valence-electron chi connectivity index (χ3n) is 5.58. The Morgan fingerprint density at radius 1 is 1.14 bits per heavy atom. The third kappa shape index (κ3) is 3.22. The number of rotatable bonds is 3. The highest BCUT2D eigenvalue weighted by atomic mass is 16.5. The number of aromatic nitrogens is 3. The minimum Gasteiger partial charge on any atom is -0.493 e. The van der Waals surface area contributed by atoms with Crippen LogP contribution in [0, 0.1) is 0 Å². The number of hydrogen-bond donors (Lipinski definition) is 2. The predicted molar refractivity (Wildman–Crippen MR) is 105 cm³/mol. The number of benzene rings is 1. The summed E-state index contributed by atoms with van der Waals surface area (Å²) in [4.78, 5) is 17.5. The number of fused-ring (bicyclic) bond motifs is 2. The Labute approximate surface area is 163 Å². The monoisotopic (exact) mass is 377 g/mol. The van der Waals surface area contributed by atoms with Crippen molar-refractivity contribution in [3.63, 3.8) is 0 Å². The van der Waals surface area contributed by atoms with Crippen LogP contribution in [0.5, 0.6) is 5.75 Å². The number of amides is 1. The minimum atomic E-state index is -0.109. The van der Waals surface area contributed by atoms with Crippen molar-refractivity contribution in [3.8, 4) is 5.75 Å². The highest BCUT2D eigenvalue weighted by Crippen LogP contribution is 2.31. The van der Waals surface area contributed by atoms with Gasteiger partial charge in [-0.05, 0) is 44.1 Å². The van der Waals surface area contributed by atoms with E-state index >= 15 is 0 Å². The van der Waals surface area contributed by atoms with E-state index in [1.54, 1.807) is 10.7 Å². The first kappa shape index (κ1) is 17.2. The second-order valence-corrected chi connectivity index (χ2v) is 7.42. The molecule has 0 unspecified atom stereocenters. The summed E-state index contributed by atoms with van der Waals surface area (Å²) in [7, 11) is 0. The average Bonchev–Trinajstić information content (AvgIpc) is 3.18. The van der Waals surface area contributed by atoms with Gasteiger partial charge in [0.05, 0.1) is 18.2 Å². The first-order valence-corrected chi connectivity index (χ1v) is 9.87. The third-order valence-corrected chi connectivity index (χ3v) is 5.58. The zero-order valence-electron chi connectivity index (χ0n) is 15.6. The normalized spacial score (nSPS) is 19.8. The van der Waals surface area contributed by atoms with Crippen LogP contribution in [0.2, 0.25) is 0 Å². The number of carbonyl (C=O) groups is 1. The van der Waals surface area contributed by atoms with Gasteiger partial charge >= 0.3 is 0 Å². The first-order valence-electron chi connectivity index (χ1n) is 9.87. The van der Waals surface area contributed by atoms with Crippen molar-refractivity contribution >= 4 is 11.6 Å². The predicted octanol–water partition coefficient (Wildman–Crippen LogP) is 2.45. The van der Waals surface area contributed by atoms with Crippen molar-refractivity contribution in [1.82, 2.24) is 25.2 Å². The number of hydrogen-bond acceptors (Lipinski definition) is 5. The van der Waals surface area contributed by atoms with Gasteiger partial charge in [-0.15, -0.1) is 0 Å². The molecule has 0 saturated carbocycles. The van der Waals surface area contributed by atoms with E-state index in [0.29, 0.717) is 18.1 Å². The molecule has 1 aromatic carbocycles. The standard InChI is InChI=1S/C21H23N5O2/c27-21(23-17-9-12-28-18-4-2-1-3-16(17)18)15-5-6-19-24-20(25-26(19)13-15)14-7-10-22-11-8-14/h1-6,13-14,17,22H,7-12H2,(H,23,27)/t17-/m0/s1. The molecule has 1 amide bonds. The van der Waals surface area contributed by atoms with Crippen molar-refractivity contribution in [3.05, 3.63) is 59.5 Å². The lowest BCUT2D eigenvalue weighted by Gasteiger charge is -2.26. The molecule has 0 radical (unpaired) electrons. The maximum Gasteiger partial charge on any atom is 0.253 e. The lowest BCUT2D eigenvalue weighted by atomic mass is 9.98. The van der Waals surface area contributed by atoms with Crippen molar-refractivity contribution in [1.29, 1.82) is 0 Å². The molecule has 2 aliphatic heterocycles. The highest BCUT2D eigenvalue weighted by Gasteiger charge is 2.24. The van der Waals surface area contributed by atoms with E-state index in [-0.39, 0.29) is 11.9 Å². The number of carbonyl (C=O) groups excluding carboxylic acids is 1. The zero-order chi connectivity index (χ0) is 18.9. The second kappa shape index (κ2) is 7.24. The number of ether oxygens (including phenoxy) is 1. The molecule has 7 nitrogen and oxygen atoms in total. The van der Waals surface area contributed by atoms with Gasteiger partial charge < -0.3 is 15.4 Å². The van der Waals surface area contributed by atoms with Crippen LogP contribution in [0.15, 0.2) is 42.6 Å². The summed E-state index contributed by atoms with van der Waals surface area (Å²) >= 11 is 0. The van der Waals surface area contributed by atoms with Gasteiger partial charge in [-0.1, -0.05) is 18.2 Å². The molecule has 3 aromatic rings. The molecule has 4 heterocycles. The van der Waals surface area contributed by atoms with E-state index in [2.05, 4.69) is 20.7 Å². The molecule has 0 spiro atoms. The van der Waals surface area contributed by atoms with Gasteiger partial charge in [0.25, 0.3) is 5.91 Å². The number of para-hydroxylation sites is 1. The second-order valence-electron chi connectivity index (χ2n) is 7.42. The van der Waals surface area contributed by atoms with E-state index in [9.17, 15) is 4.79 Å². The smallest absolute Gasteiger partial charge is 0.253 e. The van der Waals surface area contributed by atoms with E-state index in [1.165, 1.54) is 0 Å². The molecule has 0 aliphatic carbocycles. The fourth-order valence-electron chi connectivity index (χ4n) is 4.02. The summed E-state index contributed by atoms with van der Waals surface area (Å²) in [5.74, 6) is 1.99. The summed E-state index contributed by atoms with van der Waals surface area (Å²) in [6, 6.07) is 11.5. The Morgan fingerprint density at radius 2 is 2.00 bits per heavy atom. The van der Waals surface area contributed by atoms with Crippen molar-refractivity contribution in [2.24, 2.45) is 0 Å². The zero-order valence-corrected chi connectivity index (χ0v) is 15.6. The quantitative estimate of drug-likeness (QED) is 0.733. The molecule has 7 heteroatoms. The molecule has 5 rings (SSSR count). The van der Waals surface area contributed by atoms with E-state index in [0.717, 1.165) is 55.1 Å². The first-order chi connectivity index (χ1) is 13.8. The van der Waals surface area contributed by atoms with Crippen LogP contribution >= 0.6 is 0 Å². The molecule has 2 aromatic heterocycles. The van der Waals surface area contributed by atoms with Gasteiger partial charge in [0, 0.05) is 24.1 Å². The Morgan fingerprint density at radius 3 is 2.89 bits per heavy atom. The Hall–Kier alpha value is -2.93. The number of pyridine rings is 1. The molecular weight excluding hydrogens is 354 g/mol. The Bertz CT molecular complexity index is 1010. The van der Waals surface area contributed by atoms with Gasteiger partial charge in [0.2, 0.25) is 0 Å². The molecule has 1 fully saturated rings. The molecule has 1 atom stereocenters. The van der Waals surface area contributed by atoms with Crippen molar-refractivity contribution < 1.29 is 9.53 Å². The molecule has 28 heavy (non-hydrogen) atoms. The van der Waals surface area contributed by atoms with Crippen molar-refractivity contribution in [2.75, 3.05) is 19.7 Å². The van der Waals surface area contributed by atoms with Crippen molar-refractivity contribution in [2.45, 2.75) is 31.2 Å². The van der Waals surface area contributed by atoms with Crippen LogP contribution in [0.25, 0.3) is 5.65 Å². The molecule has 0 bridgehead atoms. The SMILES string of the molecule is O=C(N[C@H]1CCOc2ccccc21)c1ccc2nc(C3CCNCC3)nn2c1. The van der Waals surface area contributed by atoms with Gasteiger partial charge in [0.15, 0.2) is 11.5 Å². The molecule has 1 saturated heterocycles. The lowest BCUT2D eigenvalue weighted by Crippen LogP contribution is -2.32. The summed E-state index contributed by atoms with van der Waals surface area (Å²) < 4.78 is 7.41. The van der Waals surface area contributed by atoms with Crippen LogP contribution in [-0.2, 0) is 0 Å². The number of nitrogens with zero attached hydrogens (tertiary/aromatic N) is 3. The van der Waals surface area contributed by atoms with E-state index in [1.807, 2.05) is 36.4 Å². The summed E-state index contributed by atoms with van der Waals surface area (Å²) in [6.45, 7) is 2.60. The molecule has 144 valence electrons. The lowest BCUT2D eigenvalue weighted by molar-refractivity contribution is 0.0924.